The lowest BCUT2D eigenvalue weighted by Crippen LogP contribution is -2.19. The molecule has 1 aromatic heterocycles. The second-order valence-corrected chi connectivity index (χ2v) is 9.65. The van der Waals surface area contributed by atoms with Crippen LogP contribution in [0.15, 0.2) is 53.7 Å². The fourth-order valence-corrected chi connectivity index (χ4v) is 5.89. The molecule has 1 aliphatic rings. The van der Waals surface area contributed by atoms with E-state index in [9.17, 15) is 4.79 Å². The Hall–Kier alpha value is -3.18. The molecule has 5 heteroatoms. The lowest BCUT2D eigenvalue weighted by atomic mass is 9.77. The SMILES string of the molecule is CCC1(C)c2cc(OC)ccc2-c2cc3sc4ccc(/C(C)=N/OC(C)=O)cc4c3cc21. The molecule has 1 unspecified atom stereocenters. The number of oxime groups is 1. The van der Waals surface area contributed by atoms with Gasteiger partial charge in [0, 0.05) is 32.5 Å². The van der Waals surface area contributed by atoms with Gasteiger partial charge in [0.2, 0.25) is 0 Å². The number of carbonyl (C=O) groups excluding carboxylic acids is 1. The Labute approximate surface area is 191 Å². The van der Waals surface area contributed by atoms with Gasteiger partial charge >= 0.3 is 5.97 Å². The van der Waals surface area contributed by atoms with Crippen molar-refractivity contribution in [1.82, 2.24) is 0 Å². The molecule has 32 heavy (non-hydrogen) atoms. The minimum absolute atomic E-state index is 0.0635. The predicted molar refractivity (Wildman–Crippen MR) is 132 cm³/mol. The van der Waals surface area contributed by atoms with Crippen LogP contribution in [0.3, 0.4) is 0 Å². The van der Waals surface area contributed by atoms with E-state index >= 15 is 0 Å². The molecule has 0 aliphatic heterocycles. The molecule has 1 atom stereocenters. The minimum Gasteiger partial charge on any atom is -0.497 e. The normalized spacial score (nSPS) is 17.5. The Morgan fingerprint density at radius 1 is 0.969 bits per heavy atom. The number of ether oxygens (including phenoxy) is 1. The fourth-order valence-electron chi connectivity index (χ4n) is 4.78. The summed E-state index contributed by atoms with van der Waals surface area (Å²) in [5.41, 5.74) is 6.89. The third kappa shape index (κ3) is 3.03. The summed E-state index contributed by atoms with van der Waals surface area (Å²) in [4.78, 5) is 16.0. The van der Waals surface area contributed by atoms with E-state index in [-0.39, 0.29) is 5.41 Å². The van der Waals surface area contributed by atoms with Crippen molar-refractivity contribution < 1.29 is 14.4 Å². The Morgan fingerprint density at radius 3 is 2.44 bits per heavy atom. The maximum atomic E-state index is 11.1. The van der Waals surface area contributed by atoms with Gasteiger partial charge in [-0.1, -0.05) is 31.1 Å². The smallest absolute Gasteiger partial charge is 0.331 e. The van der Waals surface area contributed by atoms with Crippen molar-refractivity contribution in [3.8, 4) is 16.9 Å². The highest BCUT2D eigenvalue weighted by molar-refractivity contribution is 7.25. The lowest BCUT2D eigenvalue weighted by Gasteiger charge is -2.26. The number of methoxy groups -OCH3 is 1. The van der Waals surface area contributed by atoms with Crippen molar-refractivity contribution in [1.29, 1.82) is 0 Å². The molecule has 0 spiro atoms. The first kappa shape index (κ1) is 20.7. The average Bonchev–Trinajstić information content (AvgIpc) is 3.28. The van der Waals surface area contributed by atoms with E-state index in [2.05, 4.69) is 61.5 Å². The zero-order chi connectivity index (χ0) is 22.6. The van der Waals surface area contributed by atoms with Gasteiger partial charge in [-0.2, -0.15) is 0 Å². The van der Waals surface area contributed by atoms with Crippen molar-refractivity contribution in [3.05, 3.63) is 65.2 Å². The van der Waals surface area contributed by atoms with Crippen LogP contribution < -0.4 is 4.74 Å². The third-order valence-electron chi connectivity index (χ3n) is 6.75. The Morgan fingerprint density at radius 2 is 1.72 bits per heavy atom. The van der Waals surface area contributed by atoms with Crippen LogP contribution in [0.4, 0.5) is 0 Å². The van der Waals surface area contributed by atoms with E-state index in [0.29, 0.717) is 5.71 Å². The van der Waals surface area contributed by atoms with Crippen LogP contribution in [0.5, 0.6) is 5.75 Å². The molecule has 0 fully saturated rings. The standard InChI is InChI=1S/C27H25NO3S/c1-6-27(4)23-12-18(30-5)8-9-19(23)20-14-26-22(13-24(20)27)21-11-17(7-10-25(21)32-26)15(2)28-31-16(3)29/h7-14H,6H2,1-5H3/b28-15+. The molecule has 0 radical (unpaired) electrons. The van der Waals surface area contributed by atoms with Crippen LogP contribution in [0, 0.1) is 0 Å². The molecule has 0 N–H and O–H groups in total. The van der Waals surface area contributed by atoms with E-state index in [1.54, 1.807) is 18.4 Å². The zero-order valence-electron chi connectivity index (χ0n) is 18.9. The first-order chi connectivity index (χ1) is 15.4. The van der Waals surface area contributed by atoms with E-state index in [0.717, 1.165) is 17.7 Å². The number of thiophene rings is 1. The Bertz CT molecular complexity index is 1430. The van der Waals surface area contributed by atoms with Crippen molar-refractivity contribution >= 4 is 43.2 Å². The number of nitrogens with zero attached hydrogens (tertiary/aromatic N) is 1. The average molecular weight is 444 g/mol. The van der Waals surface area contributed by atoms with Crippen molar-refractivity contribution in [2.75, 3.05) is 7.11 Å². The Balaban J connectivity index is 1.72. The van der Waals surface area contributed by atoms with Crippen LogP contribution in [-0.4, -0.2) is 18.8 Å². The van der Waals surface area contributed by atoms with E-state index < -0.39 is 5.97 Å². The molecule has 162 valence electrons. The van der Waals surface area contributed by atoms with Crippen LogP contribution in [0.2, 0.25) is 0 Å². The molecule has 0 saturated carbocycles. The highest BCUT2D eigenvalue weighted by Gasteiger charge is 2.38. The third-order valence-corrected chi connectivity index (χ3v) is 7.88. The van der Waals surface area contributed by atoms with Crippen molar-refractivity contribution in [2.24, 2.45) is 5.16 Å². The fraction of sp³-hybridized carbons (Fsp3) is 0.259. The van der Waals surface area contributed by atoms with Crippen molar-refractivity contribution in [2.45, 2.75) is 39.5 Å². The molecule has 0 saturated heterocycles. The quantitative estimate of drug-likeness (QED) is 0.193. The Kier molecular flexibility index (Phi) is 4.82. The van der Waals surface area contributed by atoms with Crippen LogP contribution in [0.1, 0.15) is 50.8 Å². The number of hydrogen-bond donors (Lipinski definition) is 0. The summed E-state index contributed by atoms with van der Waals surface area (Å²) < 4.78 is 8.03. The monoisotopic (exact) mass is 443 g/mol. The molecule has 0 bridgehead atoms. The van der Waals surface area contributed by atoms with Gasteiger partial charge in [-0.15, -0.1) is 11.3 Å². The van der Waals surface area contributed by atoms with E-state index in [4.69, 9.17) is 9.57 Å². The second-order valence-electron chi connectivity index (χ2n) is 8.56. The number of fused-ring (bicyclic) bond motifs is 6. The van der Waals surface area contributed by atoms with Crippen molar-refractivity contribution in [3.63, 3.8) is 0 Å². The van der Waals surface area contributed by atoms with Gasteiger partial charge in [-0.05, 0) is 77.6 Å². The molecular weight excluding hydrogens is 418 g/mol. The first-order valence-electron chi connectivity index (χ1n) is 10.8. The van der Waals surface area contributed by atoms with Gasteiger partial charge < -0.3 is 9.57 Å². The maximum absolute atomic E-state index is 11.1. The minimum atomic E-state index is -0.419. The summed E-state index contributed by atoms with van der Waals surface area (Å²) in [6, 6.07) is 17.5. The molecular formula is C27H25NO3S. The summed E-state index contributed by atoms with van der Waals surface area (Å²) in [5, 5.41) is 6.42. The van der Waals surface area contributed by atoms with Gasteiger partial charge in [-0.3, -0.25) is 0 Å². The topological polar surface area (TPSA) is 47.9 Å². The number of rotatable bonds is 4. The maximum Gasteiger partial charge on any atom is 0.331 e. The number of carbonyl (C=O) groups is 1. The molecule has 3 aromatic carbocycles. The van der Waals surface area contributed by atoms with Gasteiger partial charge in [0.05, 0.1) is 12.8 Å². The zero-order valence-corrected chi connectivity index (χ0v) is 19.7. The molecule has 4 nitrogen and oxygen atoms in total. The van der Waals surface area contributed by atoms with E-state index in [1.807, 2.05) is 13.0 Å². The van der Waals surface area contributed by atoms with Gasteiger partial charge in [0.15, 0.2) is 0 Å². The summed E-state index contributed by atoms with van der Waals surface area (Å²) in [6.07, 6.45) is 1.01. The summed E-state index contributed by atoms with van der Waals surface area (Å²) in [7, 11) is 1.72. The molecule has 0 amide bonds. The molecule has 1 aliphatic carbocycles. The van der Waals surface area contributed by atoms with Crippen LogP contribution in [-0.2, 0) is 15.0 Å². The molecule has 5 rings (SSSR count). The second kappa shape index (κ2) is 7.45. The molecule has 1 heterocycles. The first-order valence-corrected chi connectivity index (χ1v) is 11.6. The molecule has 4 aromatic rings. The lowest BCUT2D eigenvalue weighted by molar-refractivity contribution is -0.140. The largest absolute Gasteiger partial charge is 0.497 e. The highest BCUT2D eigenvalue weighted by Crippen LogP contribution is 2.53. The van der Waals surface area contributed by atoms with Crippen LogP contribution in [0.25, 0.3) is 31.3 Å². The number of hydrogen-bond acceptors (Lipinski definition) is 5. The highest BCUT2D eigenvalue weighted by atomic mass is 32.1. The predicted octanol–water partition coefficient (Wildman–Crippen LogP) is 7.05. The number of benzene rings is 3. The van der Waals surface area contributed by atoms with Crippen LogP contribution >= 0.6 is 11.3 Å². The van der Waals surface area contributed by atoms with Gasteiger partial charge in [-0.25, -0.2) is 4.79 Å². The summed E-state index contributed by atoms with van der Waals surface area (Å²) in [6.45, 7) is 7.79. The summed E-state index contributed by atoms with van der Waals surface area (Å²) in [5.74, 6) is 0.479. The van der Waals surface area contributed by atoms with Gasteiger partial charge in [0.1, 0.15) is 5.75 Å². The van der Waals surface area contributed by atoms with E-state index in [1.165, 1.54) is 49.3 Å². The van der Waals surface area contributed by atoms with Gasteiger partial charge in [0.25, 0.3) is 0 Å². The summed E-state index contributed by atoms with van der Waals surface area (Å²) >= 11 is 1.81.